The Labute approximate surface area is 91.4 Å². The van der Waals surface area contributed by atoms with Gasteiger partial charge in [0.05, 0.1) is 0 Å². The zero-order chi connectivity index (χ0) is 11.8. The highest BCUT2D eigenvalue weighted by Crippen LogP contribution is 2.15. The molecule has 0 unspecified atom stereocenters. The lowest BCUT2D eigenvalue weighted by Crippen LogP contribution is -2.23. The van der Waals surface area contributed by atoms with Crippen LogP contribution in [0.5, 0.6) is 0 Å². The standard InChI is InChI=1S/C11H20N2O2/c1-8(2)4-10(7-13)5-11(14)15-9(3)6-12/h8-10H,4-5,7,13H2,1-3H3/t9-,10+/m1/s1. The molecule has 0 amide bonds. The first kappa shape index (κ1) is 13.9. The first-order valence-electron chi connectivity index (χ1n) is 5.28. The van der Waals surface area contributed by atoms with Gasteiger partial charge in [-0.3, -0.25) is 4.79 Å². The Balaban J connectivity index is 3.97. The molecule has 2 atom stereocenters. The van der Waals surface area contributed by atoms with E-state index in [0.29, 0.717) is 18.9 Å². The quantitative estimate of drug-likeness (QED) is 0.676. The Bertz CT molecular complexity index is 233. The van der Waals surface area contributed by atoms with Crippen molar-refractivity contribution in [3.63, 3.8) is 0 Å². The Kier molecular flexibility index (Phi) is 6.72. The van der Waals surface area contributed by atoms with Gasteiger partial charge in [-0.25, -0.2) is 0 Å². The molecule has 0 aromatic heterocycles. The van der Waals surface area contributed by atoms with Gasteiger partial charge in [0.25, 0.3) is 0 Å². The number of rotatable bonds is 6. The second-order valence-corrected chi connectivity index (χ2v) is 4.20. The van der Waals surface area contributed by atoms with E-state index in [0.717, 1.165) is 6.42 Å². The van der Waals surface area contributed by atoms with Crippen LogP contribution in [0.1, 0.15) is 33.6 Å². The average Bonchev–Trinajstić information content (AvgIpc) is 2.15. The molecule has 0 bridgehead atoms. The topological polar surface area (TPSA) is 76.1 Å². The lowest BCUT2D eigenvalue weighted by molar-refractivity contribution is -0.147. The van der Waals surface area contributed by atoms with Gasteiger partial charge in [-0.05, 0) is 31.7 Å². The van der Waals surface area contributed by atoms with Gasteiger partial charge in [0.2, 0.25) is 0 Å². The fourth-order valence-electron chi connectivity index (χ4n) is 1.44. The van der Waals surface area contributed by atoms with E-state index in [-0.39, 0.29) is 11.9 Å². The van der Waals surface area contributed by atoms with Crippen molar-refractivity contribution in [3.05, 3.63) is 0 Å². The molecule has 0 saturated heterocycles. The van der Waals surface area contributed by atoms with Crippen LogP contribution in [0.25, 0.3) is 0 Å². The van der Waals surface area contributed by atoms with E-state index < -0.39 is 6.10 Å². The fourth-order valence-corrected chi connectivity index (χ4v) is 1.44. The Morgan fingerprint density at radius 2 is 2.07 bits per heavy atom. The molecule has 0 spiro atoms. The van der Waals surface area contributed by atoms with Crippen molar-refractivity contribution in [2.75, 3.05) is 6.54 Å². The van der Waals surface area contributed by atoms with Gasteiger partial charge in [0.1, 0.15) is 6.07 Å². The van der Waals surface area contributed by atoms with Crippen LogP contribution in [0.15, 0.2) is 0 Å². The molecule has 0 radical (unpaired) electrons. The number of esters is 1. The Morgan fingerprint density at radius 3 is 2.47 bits per heavy atom. The van der Waals surface area contributed by atoms with Gasteiger partial charge in [0.15, 0.2) is 6.10 Å². The van der Waals surface area contributed by atoms with Crippen molar-refractivity contribution in [3.8, 4) is 6.07 Å². The first-order valence-corrected chi connectivity index (χ1v) is 5.28. The van der Waals surface area contributed by atoms with Crippen molar-refractivity contribution in [2.45, 2.75) is 39.7 Å². The van der Waals surface area contributed by atoms with E-state index >= 15 is 0 Å². The summed E-state index contributed by atoms with van der Waals surface area (Å²) in [5.74, 6) is 0.336. The summed E-state index contributed by atoms with van der Waals surface area (Å²) in [5.41, 5.74) is 5.56. The molecular weight excluding hydrogens is 192 g/mol. The van der Waals surface area contributed by atoms with Gasteiger partial charge in [-0.2, -0.15) is 5.26 Å². The van der Waals surface area contributed by atoms with Crippen LogP contribution in [-0.2, 0) is 9.53 Å². The number of nitrogens with zero attached hydrogens (tertiary/aromatic N) is 1. The molecule has 0 aliphatic heterocycles. The summed E-state index contributed by atoms with van der Waals surface area (Å²) >= 11 is 0. The van der Waals surface area contributed by atoms with Crippen LogP contribution < -0.4 is 5.73 Å². The summed E-state index contributed by atoms with van der Waals surface area (Å²) < 4.78 is 4.86. The lowest BCUT2D eigenvalue weighted by atomic mass is 9.94. The van der Waals surface area contributed by atoms with Crippen molar-refractivity contribution < 1.29 is 9.53 Å². The monoisotopic (exact) mass is 212 g/mol. The van der Waals surface area contributed by atoms with Crippen LogP contribution in [0.4, 0.5) is 0 Å². The van der Waals surface area contributed by atoms with Crippen LogP contribution in [0, 0.1) is 23.2 Å². The van der Waals surface area contributed by atoms with Crippen molar-refractivity contribution >= 4 is 5.97 Å². The first-order chi connectivity index (χ1) is 6.99. The van der Waals surface area contributed by atoms with Gasteiger partial charge in [-0.1, -0.05) is 13.8 Å². The van der Waals surface area contributed by atoms with E-state index in [4.69, 9.17) is 15.7 Å². The van der Waals surface area contributed by atoms with E-state index in [2.05, 4.69) is 13.8 Å². The highest BCUT2D eigenvalue weighted by Gasteiger charge is 2.16. The minimum absolute atomic E-state index is 0.156. The zero-order valence-corrected chi connectivity index (χ0v) is 9.69. The van der Waals surface area contributed by atoms with E-state index in [9.17, 15) is 4.79 Å². The summed E-state index contributed by atoms with van der Waals surface area (Å²) in [6.07, 6.45) is 0.544. The van der Waals surface area contributed by atoms with Crippen LogP contribution >= 0.6 is 0 Å². The fraction of sp³-hybridized carbons (Fsp3) is 0.818. The molecule has 2 N–H and O–H groups in total. The molecule has 0 aromatic rings. The predicted octanol–water partition coefficient (Wildman–Crippen LogP) is 1.45. The zero-order valence-electron chi connectivity index (χ0n) is 9.69. The number of carbonyl (C=O) groups is 1. The summed E-state index contributed by atoms with van der Waals surface area (Å²) in [5, 5.41) is 8.47. The Hall–Kier alpha value is -1.08. The maximum absolute atomic E-state index is 11.3. The van der Waals surface area contributed by atoms with E-state index in [1.54, 1.807) is 6.92 Å². The average molecular weight is 212 g/mol. The third-order valence-electron chi connectivity index (χ3n) is 2.08. The molecule has 0 fully saturated rings. The molecule has 0 heterocycles. The van der Waals surface area contributed by atoms with Crippen LogP contribution in [0.2, 0.25) is 0 Å². The summed E-state index contributed by atoms with van der Waals surface area (Å²) in [6.45, 7) is 6.21. The molecule has 0 rings (SSSR count). The van der Waals surface area contributed by atoms with Crippen LogP contribution in [0.3, 0.4) is 0 Å². The van der Waals surface area contributed by atoms with Crippen molar-refractivity contribution in [1.82, 2.24) is 0 Å². The lowest BCUT2D eigenvalue weighted by Gasteiger charge is -2.16. The minimum Gasteiger partial charge on any atom is -0.447 e. The molecule has 0 saturated carbocycles. The number of carbonyl (C=O) groups excluding carboxylic acids is 1. The summed E-state index contributed by atoms with van der Waals surface area (Å²) in [7, 11) is 0. The van der Waals surface area contributed by atoms with Crippen molar-refractivity contribution in [1.29, 1.82) is 5.26 Å². The third kappa shape index (κ3) is 6.92. The van der Waals surface area contributed by atoms with Gasteiger partial charge in [0, 0.05) is 6.42 Å². The normalized spacial score (nSPS) is 14.4. The second-order valence-electron chi connectivity index (χ2n) is 4.20. The van der Waals surface area contributed by atoms with Crippen LogP contribution in [-0.4, -0.2) is 18.6 Å². The third-order valence-corrected chi connectivity index (χ3v) is 2.08. The maximum atomic E-state index is 11.3. The Morgan fingerprint density at radius 1 is 1.47 bits per heavy atom. The molecule has 4 heteroatoms. The largest absolute Gasteiger partial charge is 0.447 e. The van der Waals surface area contributed by atoms with Gasteiger partial charge in [-0.15, -0.1) is 0 Å². The number of nitrogens with two attached hydrogens (primary N) is 1. The predicted molar refractivity (Wildman–Crippen MR) is 57.8 cm³/mol. The molecule has 15 heavy (non-hydrogen) atoms. The molecule has 0 aliphatic carbocycles. The molecule has 4 nitrogen and oxygen atoms in total. The summed E-state index contributed by atoms with van der Waals surface area (Å²) in [4.78, 5) is 11.3. The highest BCUT2D eigenvalue weighted by molar-refractivity contribution is 5.70. The molecule has 0 aliphatic rings. The molecule has 0 aromatic carbocycles. The molecular formula is C11H20N2O2. The second kappa shape index (κ2) is 7.24. The molecule has 86 valence electrons. The van der Waals surface area contributed by atoms with E-state index in [1.165, 1.54) is 0 Å². The maximum Gasteiger partial charge on any atom is 0.307 e. The minimum atomic E-state index is -0.671. The number of nitriles is 1. The number of hydrogen-bond donors (Lipinski definition) is 1. The smallest absolute Gasteiger partial charge is 0.307 e. The van der Waals surface area contributed by atoms with Gasteiger partial charge >= 0.3 is 5.97 Å². The summed E-state index contributed by atoms with van der Waals surface area (Å²) in [6, 6.07) is 1.85. The van der Waals surface area contributed by atoms with E-state index in [1.807, 2.05) is 6.07 Å². The van der Waals surface area contributed by atoms with Crippen molar-refractivity contribution in [2.24, 2.45) is 17.6 Å². The number of hydrogen-bond acceptors (Lipinski definition) is 4. The SMILES string of the molecule is CC(C)C[C@H](CN)CC(=O)O[C@H](C)C#N. The van der Waals surface area contributed by atoms with Gasteiger partial charge < -0.3 is 10.5 Å². The highest BCUT2D eigenvalue weighted by atomic mass is 16.5. The number of ether oxygens (including phenoxy) is 1.